The minimum absolute atomic E-state index is 0.241. The zero-order valence-corrected chi connectivity index (χ0v) is 7.92. The van der Waals surface area contributed by atoms with Gasteiger partial charge in [-0.3, -0.25) is 0 Å². The van der Waals surface area contributed by atoms with Crippen molar-refractivity contribution in [1.82, 2.24) is 5.32 Å². The number of aliphatic hydroxyl groups excluding tert-OH is 1. The van der Waals surface area contributed by atoms with Crippen LogP contribution in [0, 0.1) is 5.92 Å². The standard InChI is InChI=1S/C9H19NO2/c1-7(2)10-5-9(11)8-3-4-12-6-8/h7-11H,3-6H2,1-2H3. The summed E-state index contributed by atoms with van der Waals surface area (Å²) in [6.45, 7) is 6.38. The molecular weight excluding hydrogens is 154 g/mol. The largest absolute Gasteiger partial charge is 0.391 e. The highest BCUT2D eigenvalue weighted by Gasteiger charge is 2.23. The second-order valence-electron chi connectivity index (χ2n) is 3.75. The first kappa shape index (κ1) is 9.96. The smallest absolute Gasteiger partial charge is 0.0715 e. The third-order valence-corrected chi connectivity index (χ3v) is 2.24. The van der Waals surface area contributed by atoms with Crippen LogP contribution in [0.15, 0.2) is 0 Å². The molecular formula is C9H19NO2. The molecule has 2 N–H and O–H groups in total. The number of hydrogen-bond acceptors (Lipinski definition) is 3. The van der Waals surface area contributed by atoms with Gasteiger partial charge in [-0.2, -0.15) is 0 Å². The van der Waals surface area contributed by atoms with Gasteiger partial charge in [-0.05, 0) is 6.42 Å². The molecule has 0 aliphatic carbocycles. The Labute approximate surface area is 74.1 Å². The van der Waals surface area contributed by atoms with Crippen molar-refractivity contribution in [3.8, 4) is 0 Å². The van der Waals surface area contributed by atoms with Crippen molar-refractivity contribution in [3.63, 3.8) is 0 Å². The maximum Gasteiger partial charge on any atom is 0.0715 e. The molecule has 1 aliphatic rings. The summed E-state index contributed by atoms with van der Waals surface area (Å²) in [6, 6.07) is 0.446. The summed E-state index contributed by atoms with van der Waals surface area (Å²) in [5.41, 5.74) is 0. The van der Waals surface area contributed by atoms with E-state index in [4.69, 9.17) is 4.74 Å². The summed E-state index contributed by atoms with van der Waals surface area (Å²) in [5.74, 6) is 0.344. The first-order chi connectivity index (χ1) is 5.70. The molecule has 72 valence electrons. The maximum absolute atomic E-state index is 9.66. The fourth-order valence-corrected chi connectivity index (χ4v) is 1.38. The van der Waals surface area contributed by atoms with Crippen LogP contribution < -0.4 is 5.32 Å². The van der Waals surface area contributed by atoms with E-state index >= 15 is 0 Å². The number of ether oxygens (including phenoxy) is 1. The Bertz CT molecular complexity index is 122. The third kappa shape index (κ3) is 3.09. The molecule has 2 atom stereocenters. The molecule has 2 unspecified atom stereocenters. The quantitative estimate of drug-likeness (QED) is 0.646. The molecule has 0 spiro atoms. The lowest BCUT2D eigenvalue weighted by Gasteiger charge is -2.18. The van der Waals surface area contributed by atoms with Gasteiger partial charge < -0.3 is 15.2 Å². The van der Waals surface area contributed by atoms with Crippen LogP contribution in [0.25, 0.3) is 0 Å². The summed E-state index contributed by atoms with van der Waals surface area (Å²) in [7, 11) is 0. The van der Waals surface area contributed by atoms with E-state index in [-0.39, 0.29) is 6.10 Å². The number of aliphatic hydroxyl groups is 1. The minimum Gasteiger partial charge on any atom is -0.391 e. The lowest BCUT2D eigenvalue weighted by molar-refractivity contribution is 0.0893. The normalized spacial score (nSPS) is 26.5. The first-order valence-corrected chi connectivity index (χ1v) is 4.69. The van der Waals surface area contributed by atoms with Crippen molar-refractivity contribution in [1.29, 1.82) is 0 Å². The molecule has 0 aromatic heterocycles. The van der Waals surface area contributed by atoms with Crippen molar-refractivity contribution < 1.29 is 9.84 Å². The average molecular weight is 173 g/mol. The number of rotatable bonds is 4. The minimum atomic E-state index is -0.241. The summed E-state index contributed by atoms with van der Waals surface area (Å²) in [5, 5.41) is 12.9. The van der Waals surface area contributed by atoms with Crippen LogP contribution in [0.1, 0.15) is 20.3 Å². The Balaban J connectivity index is 2.13. The zero-order chi connectivity index (χ0) is 8.97. The van der Waals surface area contributed by atoms with Crippen LogP contribution in [-0.4, -0.2) is 37.0 Å². The number of hydrogen-bond donors (Lipinski definition) is 2. The molecule has 0 saturated carbocycles. The van der Waals surface area contributed by atoms with Gasteiger partial charge in [-0.15, -0.1) is 0 Å². The van der Waals surface area contributed by atoms with Crippen molar-refractivity contribution >= 4 is 0 Å². The molecule has 3 heteroatoms. The second kappa shape index (κ2) is 4.80. The van der Waals surface area contributed by atoms with Crippen molar-refractivity contribution in [2.24, 2.45) is 5.92 Å². The van der Waals surface area contributed by atoms with Crippen LogP contribution >= 0.6 is 0 Å². The SMILES string of the molecule is CC(C)NCC(O)C1CCOC1. The molecule has 3 nitrogen and oxygen atoms in total. The van der Waals surface area contributed by atoms with E-state index in [0.29, 0.717) is 18.5 Å². The van der Waals surface area contributed by atoms with E-state index in [1.165, 1.54) is 0 Å². The van der Waals surface area contributed by atoms with E-state index in [9.17, 15) is 5.11 Å². The molecule has 0 aromatic rings. The summed E-state index contributed by atoms with van der Waals surface area (Å²) in [6.07, 6.45) is 0.760. The predicted octanol–water partition coefficient (Wildman–Crippen LogP) is 0.382. The zero-order valence-electron chi connectivity index (χ0n) is 7.92. The molecule has 0 radical (unpaired) electrons. The van der Waals surface area contributed by atoms with Crippen LogP contribution in [0.2, 0.25) is 0 Å². The van der Waals surface area contributed by atoms with E-state index in [1.54, 1.807) is 0 Å². The Morgan fingerprint density at radius 2 is 2.33 bits per heavy atom. The van der Waals surface area contributed by atoms with E-state index in [1.807, 2.05) is 0 Å². The van der Waals surface area contributed by atoms with E-state index in [2.05, 4.69) is 19.2 Å². The lowest BCUT2D eigenvalue weighted by Crippen LogP contribution is -2.36. The lowest BCUT2D eigenvalue weighted by atomic mass is 10.0. The average Bonchev–Trinajstić information content (AvgIpc) is 2.51. The molecule has 1 aliphatic heterocycles. The van der Waals surface area contributed by atoms with Gasteiger partial charge in [0.2, 0.25) is 0 Å². The van der Waals surface area contributed by atoms with Crippen LogP contribution in [-0.2, 0) is 4.74 Å². The molecule has 12 heavy (non-hydrogen) atoms. The highest BCUT2D eigenvalue weighted by Crippen LogP contribution is 2.15. The summed E-state index contributed by atoms with van der Waals surface area (Å²) in [4.78, 5) is 0. The van der Waals surface area contributed by atoms with Gasteiger partial charge in [0, 0.05) is 25.1 Å². The fourth-order valence-electron chi connectivity index (χ4n) is 1.38. The highest BCUT2D eigenvalue weighted by molar-refractivity contribution is 4.74. The maximum atomic E-state index is 9.66. The Morgan fingerprint density at radius 3 is 2.83 bits per heavy atom. The van der Waals surface area contributed by atoms with Crippen molar-refractivity contribution in [2.45, 2.75) is 32.4 Å². The monoisotopic (exact) mass is 173 g/mol. The Hall–Kier alpha value is -0.120. The first-order valence-electron chi connectivity index (χ1n) is 4.69. The highest BCUT2D eigenvalue weighted by atomic mass is 16.5. The fraction of sp³-hybridized carbons (Fsp3) is 1.00. The van der Waals surface area contributed by atoms with E-state index < -0.39 is 0 Å². The van der Waals surface area contributed by atoms with Crippen LogP contribution in [0.4, 0.5) is 0 Å². The van der Waals surface area contributed by atoms with Crippen molar-refractivity contribution in [3.05, 3.63) is 0 Å². The Morgan fingerprint density at radius 1 is 1.58 bits per heavy atom. The van der Waals surface area contributed by atoms with Crippen molar-refractivity contribution in [2.75, 3.05) is 19.8 Å². The Kier molecular flexibility index (Phi) is 3.98. The van der Waals surface area contributed by atoms with E-state index in [0.717, 1.165) is 19.6 Å². The van der Waals surface area contributed by atoms with Gasteiger partial charge in [0.15, 0.2) is 0 Å². The topological polar surface area (TPSA) is 41.5 Å². The van der Waals surface area contributed by atoms with Crippen LogP contribution in [0.5, 0.6) is 0 Å². The summed E-state index contributed by atoms with van der Waals surface area (Å²) >= 11 is 0. The second-order valence-corrected chi connectivity index (χ2v) is 3.75. The summed E-state index contributed by atoms with van der Waals surface area (Å²) < 4.78 is 5.20. The molecule has 1 heterocycles. The molecule has 0 aromatic carbocycles. The van der Waals surface area contributed by atoms with Gasteiger partial charge in [0.1, 0.15) is 0 Å². The van der Waals surface area contributed by atoms with Crippen LogP contribution in [0.3, 0.4) is 0 Å². The molecule has 0 bridgehead atoms. The number of nitrogens with one attached hydrogen (secondary N) is 1. The molecule has 1 rings (SSSR count). The molecule has 1 fully saturated rings. The molecule has 1 saturated heterocycles. The van der Waals surface area contributed by atoms with Gasteiger partial charge in [-0.25, -0.2) is 0 Å². The van der Waals surface area contributed by atoms with Gasteiger partial charge in [-0.1, -0.05) is 13.8 Å². The van der Waals surface area contributed by atoms with Gasteiger partial charge >= 0.3 is 0 Å². The predicted molar refractivity (Wildman–Crippen MR) is 48.1 cm³/mol. The van der Waals surface area contributed by atoms with Gasteiger partial charge in [0.25, 0.3) is 0 Å². The van der Waals surface area contributed by atoms with Gasteiger partial charge in [0.05, 0.1) is 12.7 Å². The third-order valence-electron chi connectivity index (χ3n) is 2.24. The molecule has 0 amide bonds.